The molecule has 0 radical (unpaired) electrons. The van der Waals surface area contributed by atoms with E-state index in [2.05, 4.69) is 20.5 Å². The van der Waals surface area contributed by atoms with E-state index in [0.29, 0.717) is 17.1 Å². The average molecular weight is 292 g/mol. The van der Waals surface area contributed by atoms with Crippen molar-refractivity contribution in [2.75, 3.05) is 12.4 Å². The van der Waals surface area contributed by atoms with Crippen LogP contribution in [0.3, 0.4) is 0 Å². The summed E-state index contributed by atoms with van der Waals surface area (Å²) in [6, 6.07) is 13.1. The van der Waals surface area contributed by atoms with Crippen molar-refractivity contribution in [1.82, 2.24) is 15.2 Å². The Labute approximate surface area is 128 Å². The van der Waals surface area contributed by atoms with Gasteiger partial charge < -0.3 is 10.4 Å². The zero-order valence-corrected chi connectivity index (χ0v) is 12.4. The van der Waals surface area contributed by atoms with E-state index in [9.17, 15) is 5.11 Å². The molecule has 110 valence electrons. The van der Waals surface area contributed by atoms with Gasteiger partial charge in [0.25, 0.3) is 0 Å². The second kappa shape index (κ2) is 5.81. The molecule has 22 heavy (non-hydrogen) atoms. The molecular weight excluding hydrogens is 276 g/mol. The van der Waals surface area contributed by atoms with Gasteiger partial charge in [-0.2, -0.15) is 0 Å². The second-order valence-electron chi connectivity index (χ2n) is 4.97. The molecule has 0 unspecified atom stereocenters. The quantitative estimate of drug-likeness (QED) is 0.775. The first-order valence-electron chi connectivity index (χ1n) is 6.95. The third-order valence-electron chi connectivity index (χ3n) is 3.44. The SMILES string of the molecule is CNc1ccc(-c2ccc(-c3ccc(C)nc3)cc2O)nn1. The molecule has 0 aliphatic carbocycles. The number of pyridine rings is 1. The van der Waals surface area contributed by atoms with Crippen LogP contribution >= 0.6 is 0 Å². The van der Waals surface area contributed by atoms with Crippen LogP contribution in [0.2, 0.25) is 0 Å². The summed E-state index contributed by atoms with van der Waals surface area (Å²) >= 11 is 0. The molecule has 0 aliphatic heterocycles. The van der Waals surface area contributed by atoms with Crippen LogP contribution in [0.4, 0.5) is 5.82 Å². The number of nitrogens with one attached hydrogen (secondary N) is 1. The number of aryl methyl sites for hydroxylation is 1. The normalized spacial score (nSPS) is 10.5. The molecule has 2 heterocycles. The Bertz CT molecular complexity index is 783. The van der Waals surface area contributed by atoms with Gasteiger partial charge in [0.2, 0.25) is 0 Å². The maximum absolute atomic E-state index is 10.3. The lowest BCUT2D eigenvalue weighted by molar-refractivity contribution is 0.477. The Morgan fingerprint density at radius 2 is 1.77 bits per heavy atom. The molecular formula is C17H16N4O. The predicted octanol–water partition coefficient (Wildman–Crippen LogP) is 3.26. The topological polar surface area (TPSA) is 70.9 Å². The van der Waals surface area contributed by atoms with Crippen molar-refractivity contribution in [2.45, 2.75) is 6.92 Å². The van der Waals surface area contributed by atoms with E-state index in [1.54, 1.807) is 19.3 Å². The van der Waals surface area contributed by atoms with Gasteiger partial charge in [-0.15, -0.1) is 10.2 Å². The van der Waals surface area contributed by atoms with Crippen molar-refractivity contribution in [2.24, 2.45) is 0 Å². The lowest BCUT2D eigenvalue weighted by Gasteiger charge is -2.07. The van der Waals surface area contributed by atoms with Crippen molar-refractivity contribution < 1.29 is 5.11 Å². The number of aromatic nitrogens is 3. The highest BCUT2D eigenvalue weighted by Crippen LogP contribution is 2.32. The number of aromatic hydroxyl groups is 1. The summed E-state index contributed by atoms with van der Waals surface area (Å²) in [5.74, 6) is 0.857. The van der Waals surface area contributed by atoms with E-state index in [1.807, 2.05) is 43.3 Å². The van der Waals surface area contributed by atoms with Crippen LogP contribution in [0.15, 0.2) is 48.7 Å². The molecule has 2 N–H and O–H groups in total. The largest absolute Gasteiger partial charge is 0.507 e. The minimum absolute atomic E-state index is 0.171. The molecule has 0 saturated carbocycles. The van der Waals surface area contributed by atoms with Crippen molar-refractivity contribution in [3.8, 4) is 28.1 Å². The fourth-order valence-corrected chi connectivity index (χ4v) is 2.18. The Kier molecular flexibility index (Phi) is 3.70. The molecule has 5 heteroatoms. The Hall–Kier alpha value is -2.95. The van der Waals surface area contributed by atoms with E-state index in [1.165, 1.54) is 0 Å². The van der Waals surface area contributed by atoms with E-state index in [0.717, 1.165) is 16.8 Å². The number of benzene rings is 1. The fraction of sp³-hybridized carbons (Fsp3) is 0.118. The Morgan fingerprint density at radius 3 is 2.36 bits per heavy atom. The summed E-state index contributed by atoms with van der Waals surface area (Å²) < 4.78 is 0. The molecule has 3 rings (SSSR count). The third-order valence-corrected chi connectivity index (χ3v) is 3.44. The average Bonchev–Trinajstić information content (AvgIpc) is 2.56. The standard InChI is InChI=1S/C17H16N4O/c1-11-3-4-13(10-19-11)12-5-6-14(16(22)9-12)15-7-8-17(18-2)21-20-15/h3-10,22H,1-2H3,(H,18,21). The van der Waals surface area contributed by atoms with Crippen molar-refractivity contribution in [3.05, 3.63) is 54.4 Å². The highest BCUT2D eigenvalue weighted by Gasteiger charge is 2.09. The van der Waals surface area contributed by atoms with Crippen molar-refractivity contribution in [1.29, 1.82) is 0 Å². The van der Waals surface area contributed by atoms with Gasteiger partial charge in [0.15, 0.2) is 0 Å². The van der Waals surface area contributed by atoms with Crippen LogP contribution in [0.1, 0.15) is 5.69 Å². The van der Waals surface area contributed by atoms with E-state index < -0.39 is 0 Å². The molecule has 0 spiro atoms. The smallest absolute Gasteiger partial charge is 0.148 e. The first-order valence-corrected chi connectivity index (χ1v) is 6.95. The highest BCUT2D eigenvalue weighted by molar-refractivity contribution is 5.74. The van der Waals surface area contributed by atoms with Gasteiger partial charge in [0, 0.05) is 30.1 Å². The number of phenolic OH excluding ortho intramolecular Hbond substituents is 1. The van der Waals surface area contributed by atoms with Crippen LogP contribution in [-0.2, 0) is 0 Å². The molecule has 0 amide bonds. The minimum atomic E-state index is 0.171. The zero-order chi connectivity index (χ0) is 15.5. The number of anilines is 1. The summed E-state index contributed by atoms with van der Waals surface area (Å²) in [7, 11) is 1.78. The van der Waals surface area contributed by atoms with Crippen LogP contribution < -0.4 is 5.32 Å². The number of rotatable bonds is 3. The van der Waals surface area contributed by atoms with E-state index >= 15 is 0 Å². The zero-order valence-electron chi connectivity index (χ0n) is 12.4. The predicted molar refractivity (Wildman–Crippen MR) is 86.6 cm³/mol. The van der Waals surface area contributed by atoms with Gasteiger partial charge >= 0.3 is 0 Å². The summed E-state index contributed by atoms with van der Waals surface area (Å²) in [6.07, 6.45) is 1.80. The van der Waals surface area contributed by atoms with Gasteiger partial charge in [0.05, 0.1) is 5.69 Å². The molecule has 0 saturated heterocycles. The van der Waals surface area contributed by atoms with Gasteiger partial charge in [-0.05, 0) is 42.8 Å². The van der Waals surface area contributed by atoms with Crippen LogP contribution in [0, 0.1) is 6.92 Å². The maximum atomic E-state index is 10.3. The number of phenols is 1. The van der Waals surface area contributed by atoms with Gasteiger partial charge in [-0.25, -0.2) is 0 Å². The number of hydrogen-bond acceptors (Lipinski definition) is 5. The van der Waals surface area contributed by atoms with Crippen LogP contribution in [0.25, 0.3) is 22.4 Å². The minimum Gasteiger partial charge on any atom is -0.507 e. The first-order chi connectivity index (χ1) is 10.7. The first kappa shape index (κ1) is 14.0. The molecule has 0 bridgehead atoms. The van der Waals surface area contributed by atoms with Gasteiger partial charge in [0.1, 0.15) is 11.6 Å². The molecule has 2 aromatic heterocycles. The lowest BCUT2D eigenvalue weighted by Crippen LogP contribution is -1.95. The maximum Gasteiger partial charge on any atom is 0.148 e. The van der Waals surface area contributed by atoms with Gasteiger partial charge in [-0.1, -0.05) is 12.1 Å². The molecule has 3 aromatic rings. The van der Waals surface area contributed by atoms with Crippen molar-refractivity contribution >= 4 is 5.82 Å². The fourth-order valence-electron chi connectivity index (χ4n) is 2.18. The molecule has 0 aliphatic rings. The third kappa shape index (κ3) is 2.74. The van der Waals surface area contributed by atoms with Gasteiger partial charge in [-0.3, -0.25) is 4.98 Å². The summed E-state index contributed by atoms with van der Waals surface area (Å²) in [5.41, 5.74) is 4.12. The van der Waals surface area contributed by atoms with Crippen LogP contribution in [-0.4, -0.2) is 27.3 Å². The van der Waals surface area contributed by atoms with E-state index in [-0.39, 0.29) is 5.75 Å². The Morgan fingerprint density at radius 1 is 0.955 bits per heavy atom. The van der Waals surface area contributed by atoms with Crippen molar-refractivity contribution in [3.63, 3.8) is 0 Å². The number of hydrogen-bond donors (Lipinski definition) is 2. The Balaban J connectivity index is 1.96. The highest BCUT2D eigenvalue weighted by atomic mass is 16.3. The molecule has 1 aromatic carbocycles. The number of nitrogens with zero attached hydrogens (tertiary/aromatic N) is 3. The van der Waals surface area contributed by atoms with Crippen LogP contribution in [0.5, 0.6) is 5.75 Å². The molecule has 5 nitrogen and oxygen atoms in total. The summed E-state index contributed by atoms with van der Waals surface area (Å²) in [4.78, 5) is 4.27. The molecule has 0 fully saturated rings. The van der Waals surface area contributed by atoms with E-state index in [4.69, 9.17) is 0 Å². The molecule has 0 atom stereocenters. The summed E-state index contributed by atoms with van der Waals surface area (Å²) in [5, 5.41) is 21.3. The lowest BCUT2D eigenvalue weighted by atomic mass is 10.0. The second-order valence-corrected chi connectivity index (χ2v) is 4.97. The summed E-state index contributed by atoms with van der Waals surface area (Å²) in [6.45, 7) is 1.94. The monoisotopic (exact) mass is 292 g/mol.